The topological polar surface area (TPSA) is 84.0 Å². The Morgan fingerprint density at radius 2 is 1.97 bits per heavy atom. The standard InChI is InChI=1S/C20H22ClFN4O3S/c1-3-23-20(30)26-24-11-13-9-16(21)19(17(10-13)28-4-2)29-12-18(27)25-15-7-5-14(22)6-8-15/h5-11H,3-4,12H2,1-2H3,(H,25,27)(H2,23,26,30)/b24-11-. The summed E-state index contributed by atoms with van der Waals surface area (Å²) >= 11 is 11.4. The van der Waals surface area contributed by atoms with Crippen molar-refractivity contribution in [1.29, 1.82) is 0 Å². The van der Waals surface area contributed by atoms with E-state index in [4.69, 9.17) is 33.3 Å². The second kappa shape index (κ2) is 11.9. The monoisotopic (exact) mass is 452 g/mol. The van der Waals surface area contributed by atoms with Gasteiger partial charge in [-0.05, 0) is 68.0 Å². The van der Waals surface area contributed by atoms with Crippen molar-refractivity contribution in [2.24, 2.45) is 5.10 Å². The lowest BCUT2D eigenvalue weighted by Gasteiger charge is -2.14. The SMILES string of the molecule is CCNC(=S)N/N=C\c1cc(Cl)c(OCC(=O)Nc2ccc(F)cc2)c(OCC)c1. The summed E-state index contributed by atoms with van der Waals surface area (Å²) in [6.07, 6.45) is 1.53. The molecule has 0 spiro atoms. The number of hydrazone groups is 1. The Bertz CT molecular complexity index is 910. The van der Waals surface area contributed by atoms with Gasteiger partial charge in [0.1, 0.15) is 5.82 Å². The number of halogens is 2. The lowest BCUT2D eigenvalue weighted by Crippen LogP contribution is -2.31. The number of carbonyl (C=O) groups is 1. The molecule has 0 heterocycles. The van der Waals surface area contributed by atoms with Gasteiger partial charge in [0.05, 0.1) is 17.8 Å². The van der Waals surface area contributed by atoms with Gasteiger partial charge in [0.2, 0.25) is 0 Å². The number of carbonyl (C=O) groups excluding carboxylic acids is 1. The van der Waals surface area contributed by atoms with Gasteiger partial charge >= 0.3 is 0 Å². The van der Waals surface area contributed by atoms with E-state index in [0.717, 1.165) is 0 Å². The van der Waals surface area contributed by atoms with Gasteiger partial charge in [0, 0.05) is 12.2 Å². The van der Waals surface area contributed by atoms with E-state index in [1.807, 2.05) is 13.8 Å². The van der Waals surface area contributed by atoms with Crippen LogP contribution in [0.15, 0.2) is 41.5 Å². The molecule has 10 heteroatoms. The Labute approximate surface area is 184 Å². The Morgan fingerprint density at radius 1 is 1.23 bits per heavy atom. The number of ether oxygens (including phenoxy) is 2. The predicted molar refractivity (Wildman–Crippen MR) is 120 cm³/mol. The Hall–Kier alpha value is -2.91. The molecule has 2 aromatic carbocycles. The molecule has 2 aromatic rings. The van der Waals surface area contributed by atoms with Crippen LogP contribution in [0, 0.1) is 5.82 Å². The first-order valence-electron chi connectivity index (χ1n) is 9.14. The second-order valence-corrected chi connectivity index (χ2v) is 6.65. The van der Waals surface area contributed by atoms with E-state index in [9.17, 15) is 9.18 Å². The molecule has 30 heavy (non-hydrogen) atoms. The number of hydrogen-bond acceptors (Lipinski definition) is 5. The van der Waals surface area contributed by atoms with E-state index in [0.29, 0.717) is 35.3 Å². The summed E-state index contributed by atoms with van der Waals surface area (Å²) in [5.74, 6) is -0.206. The fraction of sp³-hybridized carbons (Fsp3) is 0.250. The molecular formula is C20H22ClFN4O3S. The van der Waals surface area contributed by atoms with Crippen molar-refractivity contribution in [3.05, 3.63) is 52.8 Å². The van der Waals surface area contributed by atoms with Crippen LogP contribution in [0.3, 0.4) is 0 Å². The lowest BCUT2D eigenvalue weighted by molar-refractivity contribution is -0.118. The number of benzene rings is 2. The third-order valence-electron chi connectivity index (χ3n) is 3.52. The van der Waals surface area contributed by atoms with E-state index in [1.165, 1.54) is 30.5 Å². The maximum absolute atomic E-state index is 13.0. The van der Waals surface area contributed by atoms with Crippen molar-refractivity contribution in [2.45, 2.75) is 13.8 Å². The maximum atomic E-state index is 13.0. The summed E-state index contributed by atoms with van der Waals surface area (Å²) in [6, 6.07) is 8.72. The molecule has 0 radical (unpaired) electrons. The Balaban J connectivity index is 2.05. The normalized spacial score (nSPS) is 10.5. The molecular weight excluding hydrogens is 431 g/mol. The minimum Gasteiger partial charge on any atom is -0.490 e. The molecule has 0 bridgehead atoms. The minimum absolute atomic E-state index is 0.237. The van der Waals surface area contributed by atoms with Gasteiger partial charge in [-0.25, -0.2) is 4.39 Å². The molecule has 7 nitrogen and oxygen atoms in total. The summed E-state index contributed by atoms with van der Waals surface area (Å²) in [4.78, 5) is 12.1. The van der Waals surface area contributed by atoms with Crippen LogP contribution in [-0.4, -0.2) is 37.0 Å². The summed E-state index contributed by atoms with van der Waals surface area (Å²) in [7, 11) is 0. The number of anilines is 1. The maximum Gasteiger partial charge on any atom is 0.262 e. The average Bonchev–Trinajstić information content (AvgIpc) is 2.69. The van der Waals surface area contributed by atoms with E-state index in [2.05, 4.69) is 21.2 Å². The number of nitrogens with zero attached hydrogens (tertiary/aromatic N) is 1. The van der Waals surface area contributed by atoms with E-state index in [1.54, 1.807) is 12.1 Å². The molecule has 0 aliphatic carbocycles. The highest BCUT2D eigenvalue weighted by Gasteiger charge is 2.14. The molecule has 160 valence electrons. The Morgan fingerprint density at radius 3 is 2.63 bits per heavy atom. The zero-order valence-corrected chi connectivity index (χ0v) is 18.1. The molecule has 0 aliphatic rings. The van der Waals surface area contributed by atoms with Crippen molar-refractivity contribution in [3.63, 3.8) is 0 Å². The number of nitrogens with one attached hydrogen (secondary N) is 3. The smallest absolute Gasteiger partial charge is 0.262 e. The first-order valence-corrected chi connectivity index (χ1v) is 9.93. The highest BCUT2D eigenvalue weighted by atomic mass is 35.5. The highest BCUT2D eigenvalue weighted by molar-refractivity contribution is 7.80. The van der Waals surface area contributed by atoms with Gasteiger partial charge < -0.3 is 20.1 Å². The van der Waals surface area contributed by atoms with Crippen LogP contribution in [0.5, 0.6) is 11.5 Å². The second-order valence-electron chi connectivity index (χ2n) is 5.84. The zero-order chi connectivity index (χ0) is 21.9. The Kier molecular flexibility index (Phi) is 9.30. The van der Waals surface area contributed by atoms with Crippen LogP contribution < -0.4 is 25.5 Å². The van der Waals surface area contributed by atoms with Gasteiger partial charge in [0.25, 0.3) is 5.91 Å². The van der Waals surface area contributed by atoms with Crippen molar-refractivity contribution < 1.29 is 18.7 Å². The van der Waals surface area contributed by atoms with Crippen molar-refractivity contribution in [3.8, 4) is 11.5 Å². The lowest BCUT2D eigenvalue weighted by atomic mass is 10.2. The van der Waals surface area contributed by atoms with Crippen LogP contribution in [0.4, 0.5) is 10.1 Å². The van der Waals surface area contributed by atoms with E-state index in [-0.39, 0.29) is 23.2 Å². The number of thiocarbonyl (C=S) groups is 1. The predicted octanol–water partition coefficient (Wildman–Crippen LogP) is 3.71. The third-order valence-corrected chi connectivity index (χ3v) is 4.04. The van der Waals surface area contributed by atoms with Gasteiger partial charge in [-0.1, -0.05) is 11.6 Å². The molecule has 1 amide bonds. The molecule has 3 N–H and O–H groups in total. The molecule has 0 saturated heterocycles. The van der Waals surface area contributed by atoms with Crippen molar-refractivity contribution in [2.75, 3.05) is 25.1 Å². The van der Waals surface area contributed by atoms with Crippen LogP contribution in [0.25, 0.3) is 0 Å². The van der Waals surface area contributed by atoms with E-state index < -0.39 is 5.91 Å². The largest absolute Gasteiger partial charge is 0.490 e. The molecule has 0 atom stereocenters. The summed E-state index contributed by atoms with van der Waals surface area (Å²) < 4.78 is 24.1. The average molecular weight is 453 g/mol. The molecule has 0 aromatic heterocycles. The first-order chi connectivity index (χ1) is 14.4. The van der Waals surface area contributed by atoms with Gasteiger partial charge in [-0.2, -0.15) is 5.10 Å². The fourth-order valence-electron chi connectivity index (χ4n) is 2.30. The summed E-state index contributed by atoms with van der Waals surface area (Å²) in [6.45, 7) is 4.49. The quantitative estimate of drug-likeness (QED) is 0.305. The minimum atomic E-state index is -0.424. The first kappa shape index (κ1) is 23.4. The van der Waals surface area contributed by atoms with E-state index >= 15 is 0 Å². The fourth-order valence-corrected chi connectivity index (χ4v) is 2.77. The molecule has 0 saturated carbocycles. The molecule has 0 unspecified atom stereocenters. The van der Waals surface area contributed by atoms with Gasteiger partial charge in [0.15, 0.2) is 23.2 Å². The van der Waals surface area contributed by atoms with Crippen LogP contribution >= 0.6 is 23.8 Å². The number of amides is 1. The van der Waals surface area contributed by atoms with Gasteiger partial charge in [-0.15, -0.1) is 0 Å². The van der Waals surface area contributed by atoms with Crippen LogP contribution in [0.1, 0.15) is 19.4 Å². The molecule has 0 fully saturated rings. The summed E-state index contributed by atoms with van der Waals surface area (Å²) in [5.41, 5.74) is 3.79. The zero-order valence-electron chi connectivity index (χ0n) is 16.5. The molecule has 0 aliphatic heterocycles. The van der Waals surface area contributed by atoms with Crippen LogP contribution in [-0.2, 0) is 4.79 Å². The van der Waals surface area contributed by atoms with Crippen molar-refractivity contribution >= 4 is 46.7 Å². The highest BCUT2D eigenvalue weighted by Crippen LogP contribution is 2.36. The summed E-state index contributed by atoms with van der Waals surface area (Å²) in [5, 5.41) is 10.2. The molecule has 2 rings (SSSR count). The third kappa shape index (κ3) is 7.49. The number of hydrogen-bond donors (Lipinski definition) is 3. The van der Waals surface area contributed by atoms with Crippen LogP contribution in [0.2, 0.25) is 5.02 Å². The van der Waals surface area contributed by atoms with Crippen molar-refractivity contribution in [1.82, 2.24) is 10.7 Å². The number of rotatable bonds is 9. The van der Waals surface area contributed by atoms with Gasteiger partial charge in [-0.3, -0.25) is 10.2 Å².